The third kappa shape index (κ3) is 6.11. The fraction of sp³-hybridized carbons (Fsp3) is 0.714. The summed E-state index contributed by atoms with van der Waals surface area (Å²) >= 11 is 0. The van der Waals surface area contributed by atoms with Crippen LogP contribution in [0.4, 0.5) is 0 Å². The molecule has 2 atom stereocenters. The number of esters is 1. The number of carbonyl (C=O) groups excluding carboxylic acids is 4. The van der Waals surface area contributed by atoms with E-state index in [1.165, 1.54) is 0 Å². The molecule has 0 N–H and O–H groups in total. The normalized spacial score (nSPS) is 17.6. The summed E-state index contributed by atoms with van der Waals surface area (Å²) in [6, 6.07) is 0. The molecule has 0 heterocycles. The van der Waals surface area contributed by atoms with Gasteiger partial charge in [0.15, 0.2) is 12.2 Å². The minimum Gasteiger partial charge on any atom is -0.464 e. The van der Waals surface area contributed by atoms with Crippen LogP contribution in [0.2, 0.25) is 0 Å². The summed E-state index contributed by atoms with van der Waals surface area (Å²) in [5.74, 6) is -0.511. The summed E-state index contributed by atoms with van der Waals surface area (Å²) in [5.41, 5.74) is 0. The number of rotatable bonds is 11. The van der Waals surface area contributed by atoms with Crippen LogP contribution < -0.4 is 0 Å². The van der Waals surface area contributed by atoms with E-state index in [9.17, 15) is 19.2 Å². The molecule has 1 saturated carbocycles. The fourth-order valence-corrected chi connectivity index (χ4v) is 2.37. The van der Waals surface area contributed by atoms with Crippen molar-refractivity contribution in [1.82, 2.24) is 0 Å². The van der Waals surface area contributed by atoms with E-state index in [4.69, 9.17) is 14.2 Å². The summed E-state index contributed by atoms with van der Waals surface area (Å²) in [6.45, 7) is -0.103. The van der Waals surface area contributed by atoms with E-state index in [2.05, 4.69) is 4.74 Å². The van der Waals surface area contributed by atoms with Crippen molar-refractivity contribution in [3.63, 3.8) is 0 Å². The monoisotopic (exact) mass is 316 g/mol. The van der Waals surface area contributed by atoms with Gasteiger partial charge in [0.25, 0.3) is 19.4 Å². The zero-order valence-electron chi connectivity index (χ0n) is 12.2. The topological polar surface area (TPSA) is 105 Å². The molecule has 8 nitrogen and oxygen atoms in total. The summed E-state index contributed by atoms with van der Waals surface area (Å²) in [7, 11) is 0. The van der Waals surface area contributed by atoms with Gasteiger partial charge in [0.1, 0.15) is 13.2 Å². The minimum absolute atomic E-state index is 0.142. The summed E-state index contributed by atoms with van der Waals surface area (Å²) < 4.78 is 19.1. The average molecular weight is 316 g/mol. The van der Waals surface area contributed by atoms with Crippen molar-refractivity contribution in [2.45, 2.75) is 44.3 Å². The SMILES string of the molecule is O=COCC(OC=O)C(COC(=O)C1CCCCC1)OC=O. The van der Waals surface area contributed by atoms with Gasteiger partial charge >= 0.3 is 5.97 Å². The van der Waals surface area contributed by atoms with E-state index < -0.39 is 12.2 Å². The molecule has 2 unspecified atom stereocenters. The molecule has 22 heavy (non-hydrogen) atoms. The molecular weight excluding hydrogens is 296 g/mol. The maximum Gasteiger partial charge on any atom is 0.309 e. The lowest BCUT2D eigenvalue weighted by Gasteiger charge is -2.25. The van der Waals surface area contributed by atoms with E-state index in [1.54, 1.807) is 0 Å². The van der Waals surface area contributed by atoms with Crippen LogP contribution in [0.1, 0.15) is 32.1 Å². The van der Waals surface area contributed by atoms with E-state index >= 15 is 0 Å². The van der Waals surface area contributed by atoms with Crippen LogP contribution >= 0.6 is 0 Å². The molecule has 0 aromatic heterocycles. The molecule has 1 aliphatic carbocycles. The largest absolute Gasteiger partial charge is 0.464 e. The highest BCUT2D eigenvalue weighted by molar-refractivity contribution is 5.72. The Morgan fingerprint density at radius 3 is 2.05 bits per heavy atom. The second kappa shape index (κ2) is 10.6. The molecule has 1 fully saturated rings. The van der Waals surface area contributed by atoms with E-state index in [0.717, 1.165) is 32.1 Å². The number of hydrogen-bond donors (Lipinski definition) is 0. The summed E-state index contributed by atoms with van der Waals surface area (Å²) in [4.78, 5) is 43.1. The number of carbonyl (C=O) groups is 4. The number of hydrogen-bond acceptors (Lipinski definition) is 8. The molecule has 124 valence electrons. The fourth-order valence-electron chi connectivity index (χ4n) is 2.37. The minimum atomic E-state index is -1.04. The Bertz CT molecular complexity index is 364. The Morgan fingerprint density at radius 2 is 1.50 bits per heavy atom. The first-order valence-electron chi connectivity index (χ1n) is 7.13. The Balaban J connectivity index is 2.52. The third-order valence-electron chi connectivity index (χ3n) is 3.53. The van der Waals surface area contributed by atoms with Crippen LogP contribution in [0.3, 0.4) is 0 Å². The third-order valence-corrected chi connectivity index (χ3v) is 3.53. The molecule has 0 amide bonds. The van der Waals surface area contributed by atoms with Crippen molar-refractivity contribution in [2.75, 3.05) is 13.2 Å². The second-order valence-electron chi connectivity index (χ2n) is 4.94. The van der Waals surface area contributed by atoms with Crippen LogP contribution in [0.5, 0.6) is 0 Å². The van der Waals surface area contributed by atoms with Gasteiger partial charge in [-0.05, 0) is 12.8 Å². The van der Waals surface area contributed by atoms with Crippen LogP contribution in [-0.2, 0) is 38.1 Å². The second-order valence-corrected chi connectivity index (χ2v) is 4.94. The predicted octanol–water partition coefficient (Wildman–Crippen LogP) is 0.366. The smallest absolute Gasteiger partial charge is 0.309 e. The Morgan fingerprint density at radius 1 is 0.909 bits per heavy atom. The highest BCUT2D eigenvalue weighted by atomic mass is 16.6. The highest BCUT2D eigenvalue weighted by Gasteiger charge is 2.29. The molecule has 8 heteroatoms. The van der Waals surface area contributed by atoms with Gasteiger partial charge < -0.3 is 18.9 Å². The first-order chi connectivity index (χ1) is 10.7. The first-order valence-corrected chi connectivity index (χ1v) is 7.13. The van der Waals surface area contributed by atoms with Gasteiger partial charge in [-0.1, -0.05) is 19.3 Å². The van der Waals surface area contributed by atoms with Crippen molar-refractivity contribution in [2.24, 2.45) is 5.92 Å². The zero-order valence-corrected chi connectivity index (χ0v) is 12.2. The van der Waals surface area contributed by atoms with Gasteiger partial charge in [0.2, 0.25) is 0 Å². The van der Waals surface area contributed by atoms with Gasteiger partial charge in [0, 0.05) is 0 Å². The van der Waals surface area contributed by atoms with Gasteiger partial charge in [0.05, 0.1) is 5.92 Å². The lowest BCUT2D eigenvalue weighted by Crippen LogP contribution is -2.40. The molecule has 0 radical (unpaired) electrons. The molecular formula is C14H20O8. The van der Waals surface area contributed by atoms with E-state index in [-0.39, 0.29) is 44.5 Å². The van der Waals surface area contributed by atoms with Gasteiger partial charge in [-0.2, -0.15) is 0 Å². The highest BCUT2D eigenvalue weighted by Crippen LogP contribution is 2.24. The quantitative estimate of drug-likeness (QED) is 0.306. The Hall–Kier alpha value is -2.12. The molecule has 0 aromatic rings. The van der Waals surface area contributed by atoms with Crippen molar-refractivity contribution in [3.05, 3.63) is 0 Å². The molecule has 0 aromatic carbocycles. The van der Waals surface area contributed by atoms with Crippen LogP contribution in [0, 0.1) is 5.92 Å². The van der Waals surface area contributed by atoms with Crippen LogP contribution in [0.15, 0.2) is 0 Å². The standard InChI is InChI=1S/C14H20O8/c15-8-19-6-12(21-9-16)13(22-10-17)7-20-14(18)11-4-2-1-3-5-11/h8-13H,1-7H2. The molecule has 0 saturated heterocycles. The summed E-state index contributed by atoms with van der Waals surface area (Å²) in [6.07, 6.45) is 2.57. The first kappa shape index (κ1) is 17.9. The maximum absolute atomic E-state index is 11.9. The Kier molecular flexibility index (Phi) is 8.63. The van der Waals surface area contributed by atoms with E-state index in [1.807, 2.05) is 0 Å². The predicted molar refractivity (Wildman–Crippen MR) is 71.4 cm³/mol. The zero-order chi connectivity index (χ0) is 16.2. The van der Waals surface area contributed by atoms with Gasteiger partial charge in [-0.15, -0.1) is 0 Å². The van der Waals surface area contributed by atoms with Crippen molar-refractivity contribution in [3.8, 4) is 0 Å². The maximum atomic E-state index is 11.9. The molecule has 0 aliphatic heterocycles. The number of ether oxygens (including phenoxy) is 4. The Labute approximate surface area is 128 Å². The van der Waals surface area contributed by atoms with Gasteiger partial charge in [-0.3, -0.25) is 19.2 Å². The van der Waals surface area contributed by atoms with Crippen LogP contribution in [-0.4, -0.2) is 50.8 Å². The van der Waals surface area contributed by atoms with Crippen molar-refractivity contribution < 1.29 is 38.1 Å². The van der Waals surface area contributed by atoms with Crippen LogP contribution in [0.25, 0.3) is 0 Å². The van der Waals surface area contributed by atoms with E-state index in [0.29, 0.717) is 0 Å². The van der Waals surface area contributed by atoms with Gasteiger partial charge in [-0.25, -0.2) is 0 Å². The molecule has 0 spiro atoms. The molecule has 1 aliphatic rings. The van der Waals surface area contributed by atoms with Crippen molar-refractivity contribution in [1.29, 1.82) is 0 Å². The lowest BCUT2D eigenvalue weighted by atomic mass is 9.89. The molecule has 0 bridgehead atoms. The molecule has 1 rings (SSSR count). The average Bonchev–Trinajstić information content (AvgIpc) is 2.56. The lowest BCUT2D eigenvalue weighted by molar-refractivity contribution is -0.170. The van der Waals surface area contributed by atoms with Crippen molar-refractivity contribution >= 4 is 25.4 Å². The summed E-state index contributed by atoms with van der Waals surface area (Å²) in [5, 5.41) is 0.